The summed E-state index contributed by atoms with van der Waals surface area (Å²) in [5.74, 6) is 0.483. The molecule has 1 aromatic rings. The Morgan fingerprint density at radius 1 is 1.24 bits per heavy atom. The van der Waals surface area contributed by atoms with E-state index >= 15 is 0 Å². The van der Waals surface area contributed by atoms with Gasteiger partial charge in [0.2, 0.25) is 0 Å². The molecule has 17 heavy (non-hydrogen) atoms. The van der Waals surface area contributed by atoms with Gasteiger partial charge in [0.15, 0.2) is 0 Å². The highest BCUT2D eigenvalue weighted by Crippen LogP contribution is 2.30. The van der Waals surface area contributed by atoms with Gasteiger partial charge in [0.05, 0.1) is 12.7 Å². The lowest BCUT2D eigenvalue weighted by molar-refractivity contribution is 0.0183. The second kappa shape index (κ2) is 6.05. The second-order valence-electron chi connectivity index (χ2n) is 4.48. The van der Waals surface area contributed by atoms with Crippen molar-refractivity contribution in [2.75, 3.05) is 6.54 Å². The molecule has 0 heterocycles. The van der Waals surface area contributed by atoms with Crippen LogP contribution in [0.25, 0.3) is 0 Å². The Kier molecular flexibility index (Phi) is 4.69. The van der Waals surface area contributed by atoms with Crippen molar-refractivity contribution in [2.24, 2.45) is 11.7 Å². The molecule has 1 fully saturated rings. The Balaban J connectivity index is 1.98. The van der Waals surface area contributed by atoms with E-state index in [1.807, 2.05) is 18.2 Å². The average Bonchev–Trinajstić information content (AvgIpc) is 2.76. The molecule has 1 aromatic carbocycles. The van der Waals surface area contributed by atoms with E-state index in [-0.39, 0.29) is 6.10 Å². The minimum absolute atomic E-state index is 0.257. The van der Waals surface area contributed by atoms with Crippen LogP contribution in [0, 0.1) is 5.92 Å². The summed E-state index contributed by atoms with van der Waals surface area (Å²) in [7, 11) is 0. The predicted octanol–water partition coefficient (Wildman–Crippen LogP) is 3.64. The monoisotopic (exact) mass is 273 g/mol. The zero-order chi connectivity index (χ0) is 12.3. The largest absolute Gasteiger partial charge is 0.373 e. The van der Waals surface area contributed by atoms with Crippen LogP contribution in [-0.2, 0) is 11.3 Å². The van der Waals surface area contributed by atoms with Crippen molar-refractivity contribution in [3.05, 3.63) is 33.8 Å². The fourth-order valence-corrected chi connectivity index (χ4v) is 2.86. The van der Waals surface area contributed by atoms with E-state index in [1.165, 1.54) is 6.42 Å². The van der Waals surface area contributed by atoms with Crippen molar-refractivity contribution in [3.8, 4) is 0 Å². The number of ether oxygens (including phenoxy) is 1. The number of nitrogens with two attached hydrogens (primary N) is 1. The van der Waals surface area contributed by atoms with Crippen molar-refractivity contribution in [1.82, 2.24) is 0 Å². The molecule has 0 spiro atoms. The molecule has 2 rings (SSSR count). The maximum absolute atomic E-state index is 6.10. The lowest BCUT2D eigenvalue weighted by Crippen LogP contribution is -2.25. The molecule has 0 saturated heterocycles. The number of hydrogen-bond acceptors (Lipinski definition) is 2. The lowest BCUT2D eigenvalue weighted by atomic mass is 10.1. The van der Waals surface area contributed by atoms with Gasteiger partial charge in [-0.2, -0.15) is 0 Å². The molecule has 94 valence electrons. The van der Waals surface area contributed by atoms with E-state index in [0.717, 1.165) is 18.4 Å². The van der Waals surface area contributed by atoms with Gasteiger partial charge >= 0.3 is 0 Å². The minimum Gasteiger partial charge on any atom is -0.373 e. The molecule has 2 nitrogen and oxygen atoms in total. The van der Waals surface area contributed by atoms with E-state index in [1.54, 1.807) is 0 Å². The molecule has 0 amide bonds. The first-order valence-electron chi connectivity index (χ1n) is 5.97. The first kappa shape index (κ1) is 13.2. The van der Waals surface area contributed by atoms with Gasteiger partial charge in [-0.15, -0.1) is 0 Å². The summed E-state index contributed by atoms with van der Waals surface area (Å²) in [5.41, 5.74) is 6.59. The van der Waals surface area contributed by atoms with Crippen LogP contribution in [0.15, 0.2) is 18.2 Å². The van der Waals surface area contributed by atoms with Gasteiger partial charge in [0, 0.05) is 15.6 Å². The summed E-state index contributed by atoms with van der Waals surface area (Å²) >= 11 is 12.2. The van der Waals surface area contributed by atoms with Gasteiger partial charge in [0.25, 0.3) is 0 Å². The number of rotatable bonds is 4. The highest BCUT2D eigenvalue weighted by Gasteiger charge is 2.26. The summed E-state index contributed by atoms with van der Waals surface area (Å²) in [5, 5.41) is 1.33. The molecule has 0 aliphatic heterocycles. The summed E-state index contributed by atoms with van der Waals surface area (Å²) < 4.78 is 5.91. The van der Waals surface area contributed by atoms with Crippen molar-refractivity contribution in [3.63, 3.8) is 0 Å². The smallest absolute Gasteiger partial charge is 0.0749 e. The van der Waals surface area contributed by atoms with Gasteiger partial charge < -0.3 is 10.5 Å². The van der Waals surface area contributed by atoms with E-state index in [9.17, 15) is 0 Å². The third-order valence-electron chi connectivity index (χ3n) is 3.40. The summed E-state index contributed by atoms with van der Waals surface area (Å²) in [6.45, 7) is 1.17. The lowest BCUT2D eigenvalue weighted by Gasteiger charge is -2.19. The normalized spacial score (nSPS) is 24.2. The van der Waals surface area contributed by atoms with Crippen molar-refractivity contribution >= 4 is 23.2 Å². The van der Waals surface area contributed by atoms with Crippen LogP contribution in [-0.4, -0.2) is 12.6 Å². The Morgan fingerprint density at radius 2 is 1.94 bits per heavy atom. The molecule has 2 unspecified atom stereocenters. The third-order valence-corrected chi connectivity index (χ3v) is 4.10. The zero-order valence-corrected chi connectivity index (χ0v) is 11.2. The Labute approximate surface area is 112 Å². The van der Waals surface area contributed by atoms with Gasteiger partial charge in [-0.25, -0.2) is 0 Å². The van der Waals surface area contributed by atoms with Gasteiger partial charge in [-0.3, -0.25) is 0 Å². The van der Waals surface area contributed by atoms with Crippen LogP contribution in [0.4, 0.5) is 0 Å². The number of benzene rings is 1. The minimum atomic E-state index is 0.257. The summed E-state index contributed by atoms with van der Waals surface area (Å²) in [4.78, 5) is 0. The molecule has 1 aliphatic rings. The first-order valence-corrected chi connectivity index (χ1v) is 6.72. The van der Waals surface area contributed by atoms with Crippen molar-refractivity contribution in [1.29, 1.82) is 0 Å². The Morgan fingerprint density at radius 3 is 2.59 bits per heavy atom. The van der Waals surface area contributed by atoms with Crippen LogP contribution in [0.3, 0.4) is 0 Å². The zero-order valence-electron chi connectivity index (χ0n) is 9.66. The van der Waals surface area contributed by atoms with Crippen LogP contribution in [0.1, 0.15) is 24.8 Å². The van der Waals surface area contributed by atoms with Gasteiger partial charge in [0.1, 0.15) is 0 Å². The van der Waals surface area contributed by atoms with E-state index in [2.05, 4.69) is 0 Å². The fourth-order valence-electron chi connectivity index (χ4n) is 2.35. The molecule has 4 heteroatoms. The van der Waals surface area contributed by atoms with Crippen LogP contribution in [0.2, 0.25) is 10.0 Å². The van der Waals surface area contributed by atoms with Crippen LogP contribution < -0.4 is 5.73 Å². The molecule has 0 radical (unpaired) electrons. The number of hydrogen-bond donors (Lipinski definition) is 1. The maximum Gasteiger partial charge on any atom is 0.0749 e. The predicted molar refractivity (Wildman–Crippen MR) is 71.4 cm³/mol. The average molecular weight is 274 g/mol. The van der Waals surface area contributed by atoms with Crippen LogP contribution >= 0.6 is 23.2 Å². The van der Waals surface area contributed by atoms with E-state index < -0.39 is 0 Å². The molecule has 0 aromatic heterocycles. The second-order valence-corrected chi connectivity index (χ2v) is 5.29. The quantitative estimate of drug-likeness (QED) is 0.909. The molecule has 0 bridgehead atoms. The molecule has 1 saturated carbocycles. The third kappa shape index (κ3) is 3.14. The summed E-state index contributed by atoms with van der Waals surface area (Å²) in [6.07, 6.45) is 3.71. The molecular formula is C13H17Cl2NO. The van der Waals surface area contributed by atoms with Crippen molar-refractivity contribution < 1.29 is 4.74 Å². The molecule has 2 atom stereocenters. The van der Waals surface area contributed by atoms with Gasteiger partial charge in [-0.1, -0.05) is 35.7 Å². The standard InChI is InChI=1S/C13H17Cl2NO/c14-11-4-2-5-12(15)10(11)8-17-13-6-1-3-9(13)7-16/h2,4-5,9,13H,1,3,6-8,16H2. The van der Waals surface area contributed by atoms with Crippen LogP contribution in [0.5, 0.6) is 0 Å². The first-order chi connectivity index (χ1) is 8.22. The Hall–Kier alpha value is -0.280. The number of halogens is 2. The van der Waals surface area contributed by atoms with Crippen molar-refractivity contribution in [2.45, 2.75) is 32.0 Å². The highest BCUT2D eigenvalue weighted by molar-refractivity contribution is 6.35. The maximum atomic E-state index is 6.10. The molecular weight excluding hydrogens is 257 g/mol. The fraction of sp³-hybridized carbons (Fsp3) is 0.538. The molecule has 2 N–H and O–H groups in total. The van der Waals surface area contributed by atoms with E-state index in [4.69, 9.17) is 33.7 Å². The Bertz CT molecular complexity index is 363. The topological polar surface area (TPSA) is 35.2 Å². The van der Waals surface area contributed by atoms with Gasteiger partial charge in [-0.05, 0) is 37.4 Å². The SMILES string of the molecule is NCC1CCCC1OCc1c(Cl)cccc1Cl. The van der Waals surface area contributed by atoms with E-state index in [0.29, 0.717) is 29.1 Å². The molecule has 1 aliphatic carbocycles. The summed E-state index contributed by atoms with van der Waals surface area (Å²) in [6, 6.07) is 5.51. The highest BCUT2D eigenvalue weighted by atomic mass is 35.5.